The van der Waals surface area contributed by atoms with E-state index in [-0.39, 0.29) is 29.2 Å². The van der Waals surface area contributed by atoms with E-state index >= 15 is 0 Å². The van der Waals surface area contributed by atoms with Crippen molar-refractivity contribution in [2.75, 3.05) is 23.9 Å². The number of ether oxygens (including phenoxy) is 2. The van der Waals surface area contributed by atoms with Gasteiger partial charge >= 0.3 is 5.97 Å². The van der Waals surface area contributed by atoms with Gasteiger partial charge in [-0.25, -0.2) is 4.98 Å². The van der Waals surface area contributed by atoms with Gasteiger partial charge in [0, 0.05) is 62.3 Å². The van der Waals surface area contributed by atoms with Crippen molar-refractivity contribution in [3.63, 3.8) is 0 Å². The second-order valence-corrected chi connectivity index (χ2v) is 11.7. The first-order valence-corrected chi connectivity index (χ1v) is 14.0. The van der Waals surface area contributed by atoms with Gasteiger partial charge in [-0.2, -0.15) is 0 Å². The zero-order valence-corrected chi connectivity index (χ0v) is 24.8. The molecule has 1 aliphatic heterocycles. The molecule has 4 aromatic heterocycles. The number of amides is 1. The Morgan fingerprint density at radius 3 is 2.63 bits per heavy atom. The van der Waals surface area contributed by atoms with E-state index in [0.717, 1.165) is 12.8 Å². The fraction of sp³-hybridized carbons (Fsp3) is 0.355. The number of aryl methyl sites for hydroxylation is 1. The molecular formula is C31H33N7O5. The molecule has 5 heterocycles. The van der Waals surface area contributed by atoms with Crippen LogP contribution >= 0.6 is 0 Å². The van der Waals surface area contributed by atoms with E-state index in [4.69, 9.17) is 9.47 Å². The van der Waals surface area contributed by atoms with E-state index in [1.54, 1.807) is 48.6 Å². The number of hydrogen-bond acceptors (Lipinski definition) is 9. The Balaban J connectivity index is 1.40. The Kier molecular flexibility index (Phi) is 6.99. The van der Waals surface area contributed by atoms with Gasteiger partial charge in [0.2, 0.25) is 5.88 Å². The lowest BCUT2D eigenvalue weighted by Gasteiger charge is -2.31. The number of nitrogens with one attached hydrogen (secondary N) is 1. The second-order valence-electron chi connectivity index (χ2n) is 11.7. The summed E-state index contributed by atoms with van der Waals surface area (Å²) in [6.45, 7) is 6.80. The van der Waals surface area contributed by atoms with E-state index in [1.807, 2.05) is 6.07 Å². The van der Waals surface area contributed by atoms with Crippen LogP contribution in [0.5, 0.6) is 5.88 Å². The molecule has 0 aromatic carbocycles. The van der Waals surface area contributed by atoms with Crippen LogP contribution in [0.2, 0.25) is 0 Å². The van der Waals surface area contributed by atoms with Crippen LogP contribution in [0.3, 0.4) is 0 Å². The number of methoxy groups -OCH3 is 1. The topological polar surface area (TPSA) is 133 Å². The SMILES string of the molecule is COc1ccc(Nc2cc(-c3ccnc(N4CCn5c(cc6c5CC(C)(C)C6)C4=O)c3COC(C)=O)cn(C)c2=O)nn1. The maximum Gasteiger partial charge on any atom is 0.302 e. The van der Waals surface area contributed by atoms with Crippen molar-refractivity contribution in [3.8, 4) is 17.0 Å². The van der Waals surface area contributed by atoms with Crippen LogP contribution in [0.25, 0.3) is 11.1 Å². The molecule has 0 saturated carbocycles. The van der Waals surface area contributed by atoms with Crippen LogP contribution in [-0.2, 0) is 42.6 Å². The van der Waals surface area contributed by atoms with Gasteiger partial charge < -0.3 is 23.9 Å². The Morgan fingerprint density at radius 2 is 1.91 bits per heavy atom. The zero-order valence-electron chi connectivity index (χ0n) is 24.8. The molecule has 0 spiro atoms. The summed E-state index contributed by atoms with van der Waals surface area (Å²) in [5, 5.41) is 11.0. The van der Waals surface area contributed by atoms with Crippen molar-refractivity contribution >= 4 is 29.2 Å². The van der Waals surface area contributed by atoms with Crippen molar-refractivity contribution in [3.05, 3.63) is 75.6 Å². The molecule has 0 radical (unpaired) electrons. The quantitative estimate of drug-likeness (QED) is 0.324. The maximum absolute atomic E-state index is 13.9. The number of carbonyl (C=O) groups excluding carboxylic acids is 2. The molecule has 0 atom stereocenters. The van der Waals surface area contributed by atoms with Gasteiger partial charge in [-0.3, -0.25) is 19.3 Å². The summed E-state index contributed by atoms with van der Waals surface area (Å²) in [5.41, 5.74) is 5.17. The third-order valence-corrected chi connectivity index (χ3v) is 7.94. The highest BCUT2D eigenvalue weighted by molar-refractivity contribution is 6.06. The summed E-state index contributed by atoms with van der Waals surface area (Å²) in [5.74, 6) is 0.524. The number of anilines is 3. The molecule has 0 fully saturated rings. The van der Waals surface area contributed by atoms with E-state index < -0.39 is 5.97 Å². The lowest BCUT2D eigenvalue weighted by Crippen LogP contribution is -2.41. The first-order valence-electron chi connectivity index (χ1n) is 14.0. The molecule has 12 nitrogen and oxygen atoms in total. The van der Waals surface area contributed by atoms with Gasteiger partial charge in [0.1, 0.15) is 23.8 Å². The molecule has 0 bridgehead atoms. The largest absolute Gasteiger partial charge is 0.480 e. The molecule has 43 heavy (non-hydrogen) atoms. The number of hydrogen-bond donors (Lipinski definition) is 1. The van der Waals surface area contributed by atoms with Crippen LogP contribution in [0.1, 0.15) is 48.1 Å². The molecule has 1 aliphatic carbocycles. The fourth-order valence-electron chi connectivity index (χ4n) is 6.00. The number of rotatable bonds is 7. The van der Waals surface area contributed by atoms with Gasteiger partial charge in [-0.05, 0) is 53.6 Å². The first kappa shape index (κ1) is 28.1. The molecule has 12 heteroatoms. The Labute approximate surface area is 248 Å². The van der Waals surface area contributed by atoms with Crippen molar-refractivity contribution in [2.24, 2.45) is 12.5 Å². The Morgan fingerprint density at radius 1 is 1.09 bits per heavy atom. The third-order valence-electron chi connectivity index (χ3n) is 7.94. The highest BCUT2D eigenvalue weighted by atomic mass is 16.5. The number of fused-ring (bicyclic) bond motifs is 3. The van der Waals surface area contributed by atoms with Crippen molar-refractivity contribution in [1.82, 2.24) is 24.3 Å². The molecule has 0 saturated heterocycles. The molecule has 1 N–H and O–H groups in total. The van der Waals surface area contributed by atoms with Gasteiger partial charge in [-0.1, -0.05) is 13.8 Å². The molecule has 1 amide bonds. The molecule has 6 rings (SSSR count). The number of carbonyl (C=O) groups is 2. The van der Waals surface area contributed by atoms with Crippen LogP contribution in [-0.4, -0.2) is 49.8 Å². The highest BCUT2D eigenvalue weighted by Crippen LogP contribution is 2.40. The van der Waals surface area contributed by atoms with Crippen LogP contribution < -0.4 is 20.5 Å². The average Bonchev–Trinajstić information content (AvgIpc) is 3.47. The maximum atomic E-state index is 13.9. The van der Waals surface area contributed by atoms with Gasteiger partial charge in [-0.15, -0.1) is 10.2 Å². The predicted molar refractivity (Wildman–Crippen MR) is 160 cm³/mol. The van der Waals surface area contributed by atoms with E-state index in [0.29, 0.717) is 53.0 Å². The van der Waals surface area contributed by atoms with Crippen LogP contribution in [0.15, 0.2) is 47.5 Å². The lowest BCUT2D eigenvalue weighted by atomic mass is 9.90. The Hall–Kier alpha value is -5.00. The van der Waals surface area contributed by atoms with Gasteiger partial charge in [0.25, 0.3) is 11.5 Å². The minimum absolute atomic E-state index is 0.0983. The number of aromatic nitrogens is 5. The smallest absolute Gasteiger partial charge is 0.302 e. The van der Waals surface area contributed by atoms with E-state index in [1.165, 1.54) is 29.9 Å². The normalized spacial score (nSPS) is 15.2. The molecular weight excluding hydrogens is 550 g/mol. The molecule has 222 valence electrons. The zero-order chi connectivity index (χ0) is 30.5. The summed E-state index contributed by atoms with van der Waals surface area (Å²) < 4.78 is 14.1. The minimum Gasteiger partial charge on any atom is -0.480 e. The van der Waals surface area contributed by atoms with Crippen molar-refractivity contribution in [2.45, 2.75) is 46.8 Å². The summed E-state index contributed by atoms with van der Waals surface area (Å²) in [6, 6.07) is 8.79. The third kappa shape index (κ3) is 5.24. The summed E-state index contributed by atoms with van der Waals surface area (Å²) in [6.07, 6.45) is 5.19. The molecule has 0 unspecified atom stereocenters. The summed E-state index contributed by atoms with van der Waals surface area (Å²) in [7, 11) is 3.14. The molecule has 2 aliphatic rings. The van der Waals surface area contributed by atoms with E-state index in [2.05, 4.69) is 38.9 Å². The fourth-order valence-corrected chi connectivity index (χ4v) is 6.00. The van der Waals surface area contributed by atoms with Gasteiger partial charge in [0.15, 0.2) is 5.82 Å². The Bertz CT molecular complexity index is 1810. The lowest BCUT2D eigenvalue weighted by molar-refractivity contribution is -0.142. The number of pyridine rings is 2. The summed E-state index contributed by atoms with van der Waals surface area (Å²) in [4.78, 5) is 45.1. The standard InChI is InChI=1S/C31H33N7O5/c1-18(39)43-17-22-21(20-12-23(29(40)36(4)16-20)33-26-6-7-27(42-5)35-34-26)8-9-32-28(22)38-11-10-37-24(30(38)41)13-19-14-31(2,3)15-25(19)37/h6-9,12-13,16H,10-11,14-15,17H2,1-5H3,(H,33,34). The molecule has 4 aromatic rings. The van der Waals surface area contributed by atoms with Crippen LogP contribution in [0.4, 0.5) is 17.3 Å². The van der Waals surface area contributed by atoms with E-state index in [9.17, 15) is 14.4 Å². The van der Waals surface area contributed by atoms with Crippen molar-refractivity contribution < 1.29 is 19.1 Å². The van der Waals surface area contributed by atoms with Gasteiger partial charge in [0.05, 0.1) is 7.11 Å². The van der Waals surface area contributed by atoms with Crippen LogP contribution in [0, 0.1) is 5.41 Å². The minimum atomic E-state index is -0.459. The number of esters is 1. The summed E-state index contributed by atoms with van der Waals surface area (Å²) >= 11 is 0. The second kappa shape index (κ2) is 10.7. The number of nitrogens with zero attached hydrogens (tertiary/aromatic N) is 6. The van der Waals surface area contributed by atoms with Crippen molar-refractivity contribution in [1.29, 1.82) is 0 Å². The average molecular weight is 584 g/mol. The predicted octanol–water partition coefficient (Wildman–Crippen LogP) is 3.64. The highest BCUT2D eigenvalue weighted by Gasteiger charge is 2.37. The monoisotopic (exact) mass is 583 g/mol. The first-order chi connectivity index (χ1) is 20.5.